The highest BCUT2D eigenvalue weighted by molar-refractivity contribution is 5.70. The zero-order valence-corrected chi connectivity index (χ0v) is 8.69. The second-order valence-electron chi connectivity index (χ2n) is 3.98. The average Bonchev–Trinajstić information content (AvgIpc) is 2.61. The average molecular weight is 209 g/mol. The van der Waals surface area contributed by atoms with Crippen LogP contribution in [-0.2, 0) is 4.74 Å². The lowest BCUT2D eigenvalue weighted by atomic mass is 9.87. The molecule has 1 amide bonds. The van der Waals surface area contributed by atoms with E-state index in [0.717, 1.165) is 24.8 Å². The van der Waals surface area contributed by atoms with Crippen molar-refractivity contribution in [1.29, 1.82) is 0 Å². The standard InChI is InChI=1S/C11H15NO3/c1-15-10(14)12-11-5-2-3-8(11)7-9(13)4-6-11/h4,6-7,9,13H,2-3,5H2,1H3,(H,12,14)/t9-,11+/m1/s1. The van der Waals surface area contributed by atoms with Gasteiger partial charge in [0, 0.05) is 0 Å². The fourth-order valence-electron chi connectivity index (χ4n) is 2.31. The van der Waals surface area contributed by atoms with E-state index in [0.29, 0.717) is 0 Å². The zero-order chi connectivity index (χ0) is 10.9. The molecule has 0 unspecified atom stereocenters. The lowest BCUT2D eigenvalue weighted by molar-refractivity contribution is 0.163. The molecule has 2 N–H and O–H groups in total. The molecule has 2 rings (SSSR count). The van der Waals surface area contributed by atoms with E-state index in [9.17, 15) is 9.90 Å². The van der Waals surface area contributed by atoms with Crippen LogP contribution in [-0.4, -0.2) is 30.0 Å². The van der Waals surface area contributed by atoms with Crippen LogP contribution in [0.4, 0.5) is 4.79 Å². The van der Waals surface area contributed by atoms with Crippen LogP contribution in [0.1, 0.15) is 19.3 Å². The van der Waals surface area contributed by atoms with Gasteiger partial charge in [0.1, 0.15) is 0 Å². The van der Waals surface area contributed by atoms with Crippen molar-refractivity contribution in [3.63, 3.8) is 0 Å². The molecule has 0 saturated heterocycles. The number of rotatable bonds is 1. The number of aliphatic hydroxyl groups is 1. The molecule has 0 aromatic heterocycles. The van der Waals surface area contributed by atoms with Gasteiger partial charge in [0.2, 0.25) is 0 Å². The monoisotopic (exact) mass is 209 g/mol. The Morgan fingerprint density at radius 3 is 3.27 bits per heavy atom. The topological polar surface area (TPSA) is 58.6 Å². The van der Waals surface area contributed by atoms with E-state index in [4.69, 9.17) is 0 Å². The molecule has 0 heterocycles. The first kappa shape index (κ1) is 10.2. The minimum Gasteiger partial charge on any atom is -0.453 e. The quantitative estimate of drug-likeness (QED) is 0.636. The molecule has 15 heavy (non-hydrogen) atoms. The van der Waals surface area contributed by atoms with Crippen LogP contribution in [0.3, 0.4) is 0 Å². The first-order valence-electron chi connectivity index (χ1n) is 5.11. The number of amides is 1. The Morgan fingerprint density at radius 2 is 2.53 bits per heavy atom. The van der Waals surface area contributed by atoms with Crippen LogP contribution in [0.2, 0.25) is 0 Å². The molecule has 2 atom stereocenters. The van der Waals surface area contributed by atoms with E-state index in [-0.39, 0.29) is 0 Å². The van der Waals surface area contributed by atoms with Gasteiger partial charge in [-0.3, -0.25) is 0 Å². The highest BCUT2D eigenvalue weighted by Crippen LogP contribution is 2.38. The molecule has 1 fully saturated rings. The number of hydrogen-bond donors (Lipinski definition) is 2. The molecule has 0 radical (unpaired) electrons. The Labute approximate surface area is 88.6 Å². The number of ether oxygens (including phenoxy) is 1. The van der Waals surface area contributed by atoms with Gasteiger partial charge in [-0.25, -0.2) is 4.79 Å². The zero-order valence-electron chi connectivity index (χ0n) is 8.69. The van der Waals surface area contributed by atoms with Crippen molar-refractivity contribution in [2.75, 3.05) is 7.11 Å². The second kappa shape index (κ2) is 3.70. The summed E-state index contributed by atoms with van der Waals surface area (Å²) in [6.07, 6.45) is 7.24. The van der Waals surface area contributed by atoms with Gasteiger partial charge in [-0.05, 0) is 24.8 Å². The van der Waals surface area contributed by atoms with Crippen molar-refractivity contribution in [2.24, 2.45) is 0 Å². The molecule has 0 aliphatic heterocycles. The van der Waals surface area contributed by atoms with Gasteiger partial charge in [-0.15, -0.1) is 0 Å². The summed E-state index contributed by atoms with van der Waals surface area (Å²) in [4.78, 5) is 11.2. The number of aliphatic hydroxyl groups excluding tert-OH is 1. The molecule has 0 bridgehead atoms. The second-order valence-corrected chi connectivity index (χ2v) is 3.98. The first-order chi connectivity index (χ1) is 7.16. The van der Waals surface area contributed by atoms with Gasteiger partial charge >= 0.3 is 6.09 Å². The van der Waals surface area contributed by atoms with Gasteiger partial charge < -0.3 is 15.2 Å². The number of alkyl carbamates (subject to hydrolysis) is 1. The predicted molar refractivity (Wildman–Crippen MR) is 55.4 cm³/mol. The summed E-state index contributed by atoms with van der Waals surface area (Å²) in [7, 11) is 1.35. The molecule has 4 heteroatoms. The van der Waals surface area contributed by atoms with Gasteiger partial charge in [-0.1, -0.05) is 18.2 Å². The van der Waals surface area contributed by atoms with Crippen LogP contribution in [0, 0.1) is 0 Å². The van der Waals surface area contributed by atoms with Crippen LogP contribution in [0.5, 0.6) is 0 Å². The van der Waals surface area contributed by atoms with Crippen LogP contribution < -0.4 is 5.32 Å². The van der Waals surface area contributed by atoms with E-state index in [1.807, 2.05) is 12.2 Å². The van der Waals surface area contributed by atoms with Crippen molar-refractivity contribution in [1.82, 2.24) is 5.32 Å². The molecule has 2 aliphatic rings. The third kappa shape index (κ3) is 1.77. The number of methoxy groups -OCH3 is 1. The van der Waals surface area contributed by atoms with Crippen LogP contribution in [0.25, 0.3) is 0 Å². The van der Waals surface area contributed by atoms with Crippen molar-refractivity contribution in [3.8, 4) is 0 Å². The maximum absolute atomic E-state index is 11.2. The lowest BCUT2D eigenvalue weighted by Crippen LogP contribution is -2.47. The highest BCUT2D eigenvalue weighted by Gasteiger charge is 2.39. The normalized spacial score (nSPS) is 33.2. The minimum atomic E-state index is -0.523. The lowest BCUT2D eigenvalue weighted by Gasteiger charge is -2.31. The third-order valence-corrected chi connectivity index (χ3v) is 3.05. The first-order valence-corrected chi connectivity index (χ1v) is 5.11. The number of nitrogens with one attached hydrogen (secondary N) is 1. The summed E-state index contributed by atoms with van der Waals surface area (Å²) in [5.41, 5.74) is 0.676. The molecule has 0 spiro atoms. The number of carbonyl (C=O) groups excluding carboxylic acids is 1. The Bertz CT molecular complexity index is 335. The summed E-state index contributed by atoms with van der Waals surface area (Å²) in [5, 5.41) is 12.3. The molecule has 0 aromatic carbocycles. The van der Waals surface area contributed by atoms with Crippen molar-refractivity contribution in [3.05, 3.63) is 23.8 Å². The Kier molecular flexibility index (Phi) is 2.52. The maximum atomic E-state index is 11.2. The van der Waals surface area contributed by atoms with Gasteiger partial charge in [-0.2, -0.15) is 0 Å². The fourth-order valence-corrected chi connectivity index (χ4v) is 2.31. The Morgan fingerprint density at radius 1 is 1.73 bits per heavy atom. The van der Waals surface area contributed by atoms with Crippen LogP contribution in [0.15, 0.2) is 23.8 Å². The predicted octanol–water partition coefficient (Wildman–Crippen LogP) is 1.12. The summed E-state index contributed by atoms with van der Waals surface area (Å²) in [6.45, 7) is 0. The molecule has 0 aromatic rings. The minimum absolute atomic E-state index is 0.410. The largest absolute Gasteiger partial charge is 0.453 e. The van der Waals surface area contributed by atoms with Gasteiger partial charge in [0.05, 0.1) is 18.8 Å². The van der Waals surface area contributed by atoms with Crippen molar-refractivity contribution in [2.45, 2.75) is 30.9 Å². The number of hydrogen-bond acceptors (Lipinski definition) is 3. The molecule has 2 aliphatic carbocycles. The Balaban J connectivity index is 2.22. The molecular weight excluding hydrogens is 194 g/mol. The third-order valence-electron chi connectivity index (χ3n) is 3.05. The molecular formula is C11H15NO3. The number of carbonyl (C=O) groups is 1. The summed E-state index contributed by atoms with van der Waals surface area (Å²) in [6, 6.07) is 0. The van der Waals surface area contributed by atoms with Crippen molar-refractivity contribution >= 4 is 6.09 Å². The van der Waals surface area contributed by atoms with E-state index < -0.39 is 17.7 Å². The van der Waals surface area contributed by atoms with Crippen LogP contribution >= 0.6 is 0 Å². The molecule has 4 nitrogen and oxygen atoms in total. The smallest absolute Gasteiger partial charge is 0.407 e. The Hall–Kier alpha value is -1.29. The summed E-state index contributed by atoms with van der Waals surface area (Å²) < 4.78 is 4.61. The molecule has 1 saturated carbocycles. The highest BCUT2D eigenvalue weighted by atomic mass is 16.5. The van der Waals surface area contributed by atoms with E-state index >= 15 is 0 Å². The fraction of sp³-hybridized carbons (Fsp3) is 0.545. The van der Waals surface area contributed by atoms with Gasteiger partial charge in [0.15, 0.2) is 0 Å². The summed E-state index contributed by atoms with van der Waals surface area (Å²) >= 11 is 0. The number of fused-ring (bicyclic) bond motifs is 1. The van der Waals surface area contributed by atoms with E-state index in [2.05, 4.69) is 10.1 Å². The van der Waals surface area contributed by atoms with Gasteiger partial charge in [0.25, 0.3) is 0 Å². The molecule has 82 valence electrons. The van der Waals surface area contributed by atoms with Crippen molar-refractivity contribution < 1.29 is 14.6 Å². The maximum Gasteiger partial charge on any atom is 0.407 e. The van der Waals surface area contributed by atoms with E-state index in [1.165, 1.54) is 7.11 Å². The SMILES string of the molecule is COC(=O)N[C@@]12C=C[C@@H](O)C=C1CCC2. The van der Waals surface area contributed by atoms with E-state index in [1.54, 1.807) is 6.08 Å². The summed E-state index contributed by atoms with van der Waals surface area (Å²) in [5.74, 6) is 0.